The Labute approximate surface area is 179 Å². The minimum absolute atomic E-state index is 0.0564. The number of fused-ring (bicyclic) bond motifs is 1. The fourth-order valence-electron chi connectivity index (χ4n) is 5.11. The van der Waals surface area contributed by atoms with Crippen molar-refractivity contribution >= 4 is 16.9 Å². The Balaban J connectivity index is 2.05. The van der Waals surface area contributed by atoms with Gasteiger partial charge in [-0.3, -0.25) is 9.36 Å². The molecule has 1 aromatic carbocycles. The summed E-state index contributed by atoms with van der Waals surface area (Å²) >= 11 is 0. The Morgan fingerprint density at radius 1 is 1.23 bits per heavy atom. The molecule has 0 saturated heterocycles. The molecule has 0 unspecified atom stereocenters. The number of hydrogen-bond donors (Lipinski definition) is 2. The van der Waals surface area contributed by atoms with Crippen LogP contribution in [0.15, 0.2) is 23.0 Å². The van der Waals surface area contributed by atoms with E-state index in [1.54, 1.807) is 4.57 Å². The zero-order valence-corrected chi connectivity index (χ0v) is 18.6. The van der Waals surface area contributed by atoms with Crippen molar-refractivity contribution in [3.05, 3.63) is 34.2 Å². The SMILES string of the molecule is CC(C)[C@@H]1CC[C@@H](C)C[C@H]1C(=O)n1c(=O)n(CCN)c2cc(CCCCO)ccc21. The number of aryl methyl sites for hydroxylation is 1. The van der Waals surface area contributed by atoms with E-state index in [0.29, 0.717) is 36.4 Å². The zero-order valence-electron chi connectivity index (χ0n) is 18.6. The molecule has 6 heteroatoms. The third-order valence-electron chi connectivity index (χ3n) is 6.78. The lowest BCUT2D eigenvalue weighted by Gasteiger charge is -2.36. The smallest absolute Gasteiger partial charge is 0.336 e. The number of carbonyl (C=O) groups is 1. The van der Waals surface area contributed by atoms with Crippen LogP contribution in [0, 0.1) is 23.7 Å². The molecule has 1 fully saturated rings. The minimum atomic E-state index is -0.270. The van der Waals surface area contributed by atoms with Crippen molar-refractivity contribution in [1.29, 1.82) is 0 Å². The molecular formula is C24H37N3O3. The summed E-state index contributed by atoms with van der Waals surface area (Å²) in [6.45, 7) is 7.49. The Morgan fingerprint density at radius 3 is 2.67 bits per heavy atom. The summed E-state index contributed by atoms with van der Waals surface area (Å²) in [5.74, 6) is 1.05. The molecule has 0 bridgehead atoms. The van der Waals surface area contributed by atoms with Gasteiger partial charge in [0.1, 0.15) is 0 Å². The van der Waals surface area contributed by atoms with E-state index in [0.717, 1.165) is 49.6 Å². The predicted octanol–water partition coefficient (Wildman–Crippen LogP) is 3.43. The van der Waals surface area contributed by atoms with E-state index in [4.69, 9.17) is 10.8 Å². The van der Waals surface area contributed by atoms with Crippen molar-refractivity contribution < 1.29 is 9.90 Å². The van der Waals surface area contributed by atoms with Crippen molar-refractivity contribution in [2.75, 3.05) is 13.2 Å². The minimum Gasteiger partial charge on any atom is -0.396 e. The van der Waals surface area contributed by atoms with Gasteiger partial charge in [0.15, 0.2) is 0 Å². The molecular weight excluding hydrogens is 378 g/mol. The number of nitrogens with two attached hydrogens (primary N) is 1. The van der Waals surface area contributed by atoms with Crippen LogP contribution >= 0.6 is 0 Å². The van der Waals surface area contributed by atoms with Crippen LogP contribution in [0.25, 0.3) is 11.0 Å². The largest absolute Gasteiger partial charge is 0.396 e. The van der Waals surface area contributed by atoms with Crippen molar-refractivity contribution in [2.24, 2.45) is 29.4 Å². The van der Waals surface area contributed by atoms with Gasteiger partial charge in [-0.2, -0.15) is 0 Å². The van der Waals surface area contributed by atoms with Crippen LogP contribution < -0.4 is 11.4 Å². The molecule has 0 amide bonds. The summed E-state index contributed by atoms with van der Waals surface area (Å²) in [6.07, 6.45) is 5.51. The maximum atomic E-state index is 13.7. The molecule has 1 aliphatic rings. The number of aliphatic hydroxyl groups is 1. The molecule has 30 heavy (non-hydrogen) atoms. The molecule has 1 aromatic heterocycles. The van der Waals surface area contributed by atoms with Gasteiger partial charge >= 0.3 is 5.69 Å². The average molecular weight is 416 g/mol. The van der Waals surface area contributed by atoms with Crippen molar-refractivity contribution in [3.8, 4) is 0 Å². The Hall–Kier alpha value is -1.92. The Bertz CT molecular complexity index is 928. The summed E-state index contributed by atoms with van der Waals surface area (Å²) in [7, 11) is 0. The monoisotopic (exact) mass is 415 g/mol. The second kappa shape index (κ2) is 9.92. The summed E-state index contributed by atoms with van der Waals surface area (Å²) in [6, 6.07) is 5.92. The zero-order chi connectivity index (χ0) is 21.8. The van der Waals surface area contributed by atoms with Crippen LogP contribution in [-0.4, -0.2) is 33.3 Å². The first-order chi connectivity index (χ1) is 14.4. The first-order valence-corrected chi connectivity index (χ1v) is 11.5. The summed E-state index contributed by atoms with van der Waals surface area (Å²) in [4.78, 5) is 27.0. The number of nitrogens with zero attached hydrogens (tertiary/aromatic N) is 2. The highest BCUT2D eigenvalue weighted by atomic mass is 16.3. The Morgan fingerprint density at radius 2 is 2.00 bits per heavy atom. The molecule has 3 rings (SSSR count). The number of hydrogen-bond acceptors (Lipinski definition) is 4. The van der Waals surface area contributed by atoms with Gasteiger partial charge in [0.2, 0.25) is 5.91 Å². The third kappa shape index (κ3) is 4.54. The highest BCUT2D eigenvalue weighted by Crippen LogP contribution is 2.39. The summed E-state index contributed by atoms with van der Waals surface area (Å²) in [5.41, 5.74) is 8.09. The molecule has 166 valence electrons. The van der Waals surface area contributed by atoms with Crippen LogP contribution in [0.3, 0.4) is 0 Å². The standard InChI is InChI=1S/C24H37N3O3/c1-16(2)19-9-7-17(3)14-20(19)23(29)27-21-10-8-18(6-4-5-13-28)15-22(21)26(12-11-25)24(27)30/h8,10,15-17,19-20,28H,4-7,9,11-14,25H2,1-3H3/t17-,19+,20-/m1/s1. The third-order valence-corrected chi connectivity index (χ3v) is 6.78. The van der Waals surface area contributed by atoms with E-state index in [1.165, 1.54) is 4.57 Å². The van der Waals surface area contributed by atoms with Gasteiger partial charge in [-0.1, -0.05) is 33.3 Å². The molecule has 3 atom stereocenters. The fraction of sp³-hybridized carbons (Fsp3) is 0.667. The molecule has 6 nitrogen and oxygen atoms in total. The summed E-state index contributed by atoms with van der Waals surface area (Å²) in [5, 5.41) is 9.03. The topological polar surface area (TPSA) is 90.2 Å². The van der Waals surface area contributed by atoms with Crippen LogP contribution in [0.1, 0.15) is 63.2 Å². The molecule has 0 spiro atoms. The number of rotatable bonds is 8. The number of unbranched alkanes of at least 4 members (excludes halogenated alkanes) is 1. The molecule has 1 heterocycles. The van der Waals surface area contributed by atoms with E-state index in [2.05, 4.69) is 20.8 Å². The lowest BCUT2D eigenvalue weighted by atomic mass is 9.69. The van der Waals surface area contributed by atoms with Gasteiger partial charge in [0.25, 0.3) is 0 Å². The number of benzene rings is 1. The van der Waals surface area contributed by atoms with Gasteiger partial charge in [-0.25, -0.2) is 9.36 Å². The quantitative estimate of drug-likeness (QED) is 0.647. The van der Waals surface area contributed by atoms with E-state index >= 15 is 0 Å². The summed E-state index contributed by atoms with van der Waals surface area (Å²) < 4.78 is 3.07. The molecule has 1 aliphatic carbocycles. The predicted molar refractivity (Wildman–Crippen MR) is 121 cm³/mol. The van der Waals surface area contributed by atoms with E-state index in [9.17, 15) is 9.59 Å². The second-order valence-corrected chi connectivity index (χ2v) is 9.33. The van der Waals surface area contributed by atoms with Gasteiger partial charge in [0.05, 0.1) is 11.0 Å². The number of imidazole rings is 1. The lowest BCUT2D eigenvalue weighted by Crippen LogP contribution is -2.40. The van der Waals surface area contributed by atoms with E-state index < -0.39 is 0 Å². The van der Waals surface area contributed by atoms with Crippen molar-refractivity contribution in [2.45, 2.75) is 65.8 Å². The molecule has 2 aromatic rings. The van der Waals surface area contributed by atoms with E-state index in [1.807, 2.05) is 18.2 Å². The van der Waals surface area contributed by atoms with E-state index in [-0.39, 0.29) is 24.1 Å². The Kier molecular flexibility index (Phi) is 7.53. The molecule has 0 radical (unpaired) electrons. The van der Waals surface area contributed by atoms with Crippen LogP contribution in [0.2, 0.25) is 0 Å². The van der Waals surface area contributed by atoms with Crippen LogP contribution in [0.4, 0.5) is 0 Å². The van der Waals surface area contributed by atoms with Crippen LogP contribution in [-0.2, 0) is 13.0 Å². The first-order valence-electron chi connectivity index (χ1n) is 11.5. The highest BCUT2D eigenvalue weighted by molar-refractivity contribution is 5.92. The molecule has 0 aliphatic heterocycles. The average Bonchev–Trinajstić information content (AvgIpc) is 2.99. The van der Waals surface area contributed by atoms with Crippen molar-refractivity contribution in [1.82, 2.24) is 9.13 Å². The van der Waals surface area contributed by atoms with Gasteiger partial charge in [0, 0.05) is 25.6 Å². The maximum absolute atomic E-state index is 13.7. The maximum Gasteiger partial charge on any atom is 0.336 e. The molecule has 1 saturated carbocycles. The van der Waals surface area contributed by atoms with Gasteiger partial charge in [-0.15, -0.1) is 0 Å². The number of aliphatic hydroxyl groups excluding tert-OH is 1. The highest BCUT2D eigenvalue weighted by Gasteiger charge is 2.37. The van der Waals surface area contributed by atoms with Crippen molar-refractivity contribution in [3.63, 3.8) is 0 Å². The first kappa shape index (κ1) is 22.8. The lowest BCUT2D eigenvalue weighted by molar-refractivity contribution is 0.0633. The van der Waals surface area contributed by atoms with Gasteiger partial charge in [-0.05, 0) is 67.6 Å². The second-order valence-electron chi connectivity index (χ2n) is 9.33. The molecule has 3 N–H and O–H groups in total. The number of aromatic nitrogens is 2. The fourth-order valence-corrected chi connectivity index (χ4v) is 5.11. The van der Waals surface area contributed by atoms with Crippen LogP contribution in [0.5, 0.6) is 0 Å². The number of carbonyl (C=O) groups excluding carboxylic acids is 1. The normalized spacial score (nSPS) is 22.1. The van der Waals surface area contributed by atoms with Gasteiger partial charge < -0.3 is 10.8 Å².